The molecule has 1 atom stereocenters. The highest BCUT2D eigenvalue weighted by Gasteiger charge is 2.26. The molecular formula is C25H30N6O3S. The van der Waals surface area contributed by atoms with E-state index in [0.29, 0.717) is 36.9 Å². The summed E-state index contributed by atoms with van der Waals surface area (Å²) in [6.07, 6.45) is 6.06. The van der Waals surface area contributed by atoms with Crippen LogP contribution < -0.4 is 10.5 Å². The minimum absolute atomic E-state index is 0.189. The zero-order chi connectivity index (χ0) is 24.5. The second-order valence-electron chi connectivity index (χ2n) is 9.11. The predicted octanol–water partition coefficient (Wildman–Crippen LogP) is 3.15. The molecule has 2 aliphatic rings. The second-order valence-corrected chi connectivity index (χ2v) is 10.1. The van der Waals surface area contributed by atoms with Crippen LogP contribution >= 0.6 is 11.8 Å². The molecule has 1 fully saturated rings. The van der Waals surface area contributed by atoms with Crippen LogP contribution in [0, 0.1) is 5.92 Å². The number of nitrogen functional groups attached to an aromatic ring is 1. The van der Waals surface area contributed by atoms with Gasteiger partial charge in [0, 0.05) is 31.0 Å². The average Bonchev–Trinajstić information content (AvgIpc) is 3.46. The molecule has 3 aromatic rings. The summed E-state index contributed by atoms with van der Waals surface area (Å²) in [5.74, 6) is 1.56. The van der Waals surface area contributed by atoms with Crippen molar-refractivity contribution in [3.8, 4) is 5.75 Å². The molecular weight excluding hydrogens is 464 g/mol. The van der Waals surface area contributed by atoms with Crippen molar-refractivity contribution in [2.75, 3.05) is 25.4 Å². The van der Waals surface area contributed by atoms with Gasteiger partial charge in [-0.15, -0.1) is 0 Å². The van der Waals surface area contributed by atoms with Gasteiger partial charge in [0.25, 0.3) is 5.91 Å². The van der Waals surface area contributed by atoms with E-state index < -0.39 is 6.10 Å². The van der Waals surface area contributed by atoms with Crippen molar-refractivity contribution in [1.82, 2.24) is 24.4 Å². The molecule has 5 rings (SSSR count). The van der Waals surface area contributed by atoms with Gasteiger partial charge in [0.15, 0.2) is 22.1 Å². The van der Waals surface area contributed by atoms with Crippen LogP contribution in [0.15, 0.2) is 35.1 Å². The molecule has 0 spiro atoms. The van der Waals surface area contributed by atoms with E-state index in [4.69, 9.17) is 15.5 Å². The van der Waals surface area contributed by atoms with Crippen molar-refractivity contribution in [3.63, 3.8) is 0 Å². The lowest BCUT2D eigenvalue weighted by atomic mass is 9.93. The Hall–Kier alpha value is -3.11. The Balaban J connectivity index is 1.38. The van der Waals surface area contributed by atoms with E-state index in [0.717, 1.165) is 59.2 Å². The number of piperidine rings is 1. The second kappa shape index (κ2) is 9.87. The maximum absolute atomic E-state index is 12.1. The third-order valence-electron chi connectivity index (χ3n) is 6.81. The van der Waals surface area contributed by atoms with Gasteiger partial charge in [-0.2, -0.15) is 0 Å². The number of nitrogens with two attached hydrogens (primary N) is 1. The molecule has 0 bridgehead atoms. The number of rotatable bonds is 7. The quantitative estimate of drug-likeness (QED) is 0.514. The van der Waals surface area contributed by atoms with Crippen molar-refractivity contribution in [2.24, 2.45) is 5.92 Å². The first-order valence-corrected chi connectivity index (χ1v) is 12.8. The fourth-order valence-electron chi connectivity index (χ4n) is 4.80. The molecule has 0 radical (unpaired) electrons. The number of aliphatic hydroxyl groups excluding tert-OH is 1. The third-order valence-corrected chi connectivity index (χ3v) is 7.88. The first kappa shape index (κ1) is 23.6. The number of amides is 1. The van der Waals surface area contributed by atoms with Crippen LogP contribution in [0.4, 0.5) is 5.82 Å². The van der Waals surface area contributed by atoms with Gasteiger partial charge in [-0.1, -0.05) is 24.4 Å². The van der Waals surface area contributed by atoms with Crippen LogP contribution in [0.1, 0.15) is 37.3 Å². The maximum atomic E-state index is 12.1. The maximum Gasteiger partial charge on any atom is 0.251 e. The van der Waals surface area contributed by atoms with Crippen molar-refractivity contribution >= 4 is 40.7 Å². The number of aliphatic hydroxyl groups is 1. The normalized spacial score (nSPS) is 16.8. The van der Waals surface area contributed by atoms with Crippen LogP contribution in [0.5, 0.6) is 5.75 Å². The van der Waals surface area contributed by atoms with Crippen LogP contribution in [-0.4, -0.2) is 61.2 Å². The van der Waals surface area contributed by atoms with Crippen molar-refractivity contribution in [2.45, 2.75) is 55.3 Å². The number of carbonyl (C=O) groups excluding carboxylic acids is 1. The van der Waals surface area contributed by atoms with Crippen molar-refractivity contribution in [3.05, 3.63) is 36.2 Å². The number of likely N-dealkylation sites (tertiary alicyclic amines) is 1. The topological polar surface area (TPSA) is 119 Å². The highest BCUT2D eigenvalue weighted by molar-refractivity contribution is 7.99. The van der Waals surface area contributed by atoms with Crippen LogP contribution in [0.3, 0.4) is 0 Å². The number of benzene rings is 1. The van der Waals surface area contributed by atoms with Gasteiger partial charge >= 0.3 is 0 Å². The molecule has 1 unspecified atom stereocenters. The van der Waals surface area contributed by atoms with Crippen LogP contribution in [0.25, 0.3) is 17.2 Å². The number of carbonyl (C=O) groups is 1. The summed E-state index contributed by atoms with van der Waals surface area (Å²) in [5, 5.41) is 10.4. The SMILES string of the molecule is C=Cc1cc2c(cc1Sc1nc3c(N)ncnc3n1CCC1CCN(C(=O)C(C)O)CC1)OCC2. The molecule has 2 aliphatic heterocycles. The number of fused-ring (bicyclic) bond motifs is 2. The fourth-order valence-corrected chi connectivity index (χ4v) is 5.85. The van der Waals surface area contributed by atoms with Gasteiger partial charge in [0.2, 0.25) is 0 Å². The first-order valence-electron chi connectivity index (χ1n) is 12.0. The Bertz CT molecular complexity index is 1270. The van der Waals surface area contributed by atoms with Gasteiger partial charge in [-0.3, -0.25) is 4.79 Å². The minimum atomic E-state index is -0.946. The number of ether oxygens (including phenoxy) is 1. The zero-order valence-electron chi connectivity index (χ0n) is 19.8. The molecule has 3 N–H and O–H groups in total. The Morgan fingerprint density at radius 1 is 1.37 bits per heavy atom. The lowest BCUT2D eigenvalue weighted by Crippen LogP contribution is -2.43. The van der Waals surface area contributed by atoms with E-state index in [1.807, 2.05) is 6.08 Å². The summed E-state index contributed by atoms with van der Waals surface area (Å²) < 4.78 is 7.91. The predicted molar refractivity (Wildman–Crippen MR) is 135 cm³/mol. The van der Waals surface area contributed by atoms with E-state index in [2.05, 4.69) is 33.2 Å². The van der Waals surface area contributed by atoms with E-state index in [-0.39, 0.29) is 5.91 Å². The largest absolute Gasteiger partial charge is 0.493 e. The molecule has 1 saturated heterocycles. The number of nitrogens with zero attached hydrogens (tertiary/aromatic N) is 5. The number of aromatic nitrogens is 4. The van der Waals surface area contributed by atoms with E-state index in [9.17, 15) is 9.90 Å². The Morgan fingerprint density at radius 2 is 2.17 bits per heavy atom. The summed E-state index contributed by atoms with van der Waals surface area (Å²) in [6, 6.07) is 4.21. The molecule has 1 aromatic carbocycles. The molecule has 2 aromatic heterocycles. The molecule has 1 amide bonds. The number of imidazole rings is 1. The van der Waals surface area contributed by atoms with Gasteiger partial charge < -0.3 is 25.0 Å². The van der Waals surface area contributed by atoms with Gasteiger partial charge in [0.05, 0.1) is 6.61 Å². The molecule has 35 heavy (non-hydrogen) atoms. The summed E-state index contributed by atoms with van der Waals surface area (Å²) in [6.45, 7) is 8.30. The standard InChI is InChI=1S/C25H30N6O3S/c1-3-17-12-18-7-11-34-19(18)13-20(17)35-25-29-21-22(26)27-14-28-23(21)31(25)10-6-16-4-8-30(9-5-16)24(33)15(2)32/h3,12-16,32H,1,4-11H2,2H3,(H2,26,27,28). The molecule has 184 valence electrons. The van der Waals surface area contributed by atoms with Crippen LogP contribution in [-0.2, 0) is 17.8 Å². The van der Waals surface area contributed by atoms with Gasteiger partial charge in [-0.05, 0) is 55.4 Å². The lowest BCUT2D eigenvalue weighted by molar-refractivity contribution is -0.140. The Labute approximate surface area is 208 Å². The average molecular weight is 495 g/mol. The van der Waals surface area contributed by atoms with Gasteiger partial charge in [0.1, 0.15) is 18.2 Å². The minimum Gasteiger partial charge on any atom is -0.493 e. The summed E-state index contributed by atoms with van der Waals surface area (Å²) in [7, 11) is 0. The number of hydrogen-bond acceptors (Lipinski definition) is 8. The molecule has 10 heteroatoms. The van der Waals surface area contributed by atoms with Crippen molar-refractivity contribution in [1.29, 1.82) is 0 Å². The highest BCUT2D eigenvalue weighted by Crippen LogP contribution is 2.39. The molecule has 9 nitrogen and oxygen atoms in total. The number of anilines is 1. The van der Waals surface area contributed by atoms with E-state index in [1.54, 1.807) is 16.7 Å². The third kappa shape index (κ3) is 4.72. The summed E-state index contributed by atoms with van der Waals surface area (Å²) >= 11 is 1.56. The summed E-state index contributed by atoms with van der Waals surface area (Å²) in [4.78, 5) is 28.3. The Morgan fingerprint density at radius 3 is 2.91 bits per heavy atom. The zero-order valence-corrected chi connectivity index (χ0v) is 20.6. The number of hydrogen-bond donors (Lipinski definition) is 2. The fraction of sp³-hybridized carbons (Fsp3) is 0.440. The summed E-state index contributed by atoms with van der Waals surface area (Å²) in [5.41, 5.74) is 9.71. The number of aryl methyl sites for hydroxylation is 1. The van der Waals surface area contributed by atoms with E-state index in [1.165, 1.54) is 18.8 Å². The highest BCUT2D eigenvalue weighted by atomic mass is 32.2. The Kier molecular flexibility index (Phi) is 6.66. The van der Waals surface area contributed by atoms with Crippen LogP contribution in [0.2, 0.25) is 0 Å². The van der Waals surface area contributed by atoms with Gasteiger partial charge in [-0.25, -0.2) is 15.0 Å². The molecule has 4 heterocycles. The lowest BCUT2D eigenvalue weighted by Gasteiger charge is -2.32. The smallest absolute Gasteiger partial charge is 0.251 e. The molecule has 0 aliphatic carbocycles. The monoisotopic (exact) mass is 494 g/mol. The molecule has 0 saturated carbocycles. The van der Waals surface area contributed by atoms with E-state index >= 15 is 0 Å². The first-order chi connectivity index (χ1) is 16.9. The van der Waals surface area contributed by atoms with Crippen molar-refractivity contribution < 1.29 is 14.6 Å².